The lowest BCUT2D eigenvalue weighted by Crippen LogP contribution is -2.53. The Hall–Kier alpha value is -0.160. The fourth-order valence-corrected chi connectivity index (χ4v) is 2.41. The molecule has 1 atom stereocenters. The Balaban J connectivity index is 2.46. The highest BCUT2D eigenvalue weighted by Crippen LogP contribution is 2.16. The van der Waals surface area contributed by atoms with Gasteiger partial charge in [-0.05, 0) is 53.1 Å². The van der Waals surface area contributed by atoms with Gasteiger partial charge in [0.1, 0.15) is 0 Å². The fourth-order valence-electron chi connectivity index (χ4n) is 2.41. The van der Waals surface area contributed by atoms with Crippen molar-refractivity contribution in [2.24, 2.45) is 0 Å². The summed E-state index contributed by atoms with van der Waals surface area (Å²) in [5.74, 6) is 0. The zero-order valence-electron chi connectivity index (χ0n) is 11.4. The monoisotopic (exact) mass is 244 g/mol. The van der Waals surface area contributed by atoms with Gasteiger partial charge in [-0.2, -0.15) is 0 Å². The van der Waals surface area contributed by atoms with Gasteiger partial charge in [0, 0.05) is 12.1 Å². The maximum absolute atomic E-state index is 9.29. The van der Waals surface area contributed by atoms with Gasteiger partial charge in [-0.1, -0.05) is 0 Å². The van der Waals surface area contributed by atoms with Crippen LogP contribution >= 0.6 is 0 Å². The quantitative estimate of drug-likeness (QED) is 0.662. The maximum Gasteiger partial charge on any atom is 0.0633 e. The first-order valence-corrected chi connectivity index (χ1v) is 6.74. The zero-order valence-corrected chi connectivity index (χ0v) is 11.4. The molecule has 1 saturated heterocycles. The SMILES string of the molecule is CC(C)N1CCCC(NC(C)(CO)CO)CC1. The highest BCUT2D eigenvalue weighted by atomic mass is 16.3. The molecule has 0 aliphatic carbocycles. The molecule has 0 radical (unpaired) electrons. The molecule has 4 heteroatoms. The molecule has 0 aromatic carbocycles. The summed E-state index contributed by atoms with van der Waals surface area (Å²) in [7, 11) is 0. The average molecular weight is 244 g/mol. The van der Waals surface area contributed by atoms with Crippen LogP contribution in [0.2, 0.25) is 0 Å². The molecule has 0 bridgehead atoms. The van der Waals surface area contributed by atoms with Gasteiger partial charge in [-0.15, -0.1) is 0 Å². The molecule has 102 valence electrons. The summed E-state index contributed by atoms with van der Waals surface area (Å²) < 4.78 is 0. The summed E-state index contributed by atoms with van der Waals surface area (Å²) >= 11 is 0. The van der Waals surface area contributed by atoms with Crippen molar-refractivity contribution < 1.29 is 10.2 Å². The van der Waals surface area contributed by atoms with Gasteiger partial charge >= 0.3 is 0 Å². The molecule has 0 spiro atoms. The number of likely N-dealkylation sites (tertiary alicyclic amines) is 1. The lowest BCUT2D eigenvalue weighted by atomic mass is 10.0. The van der Waals surface area contributed by atoms with Crippen LogP contribution in [-0.4, -0.2) is 59.0 Å². The van der Waals surface area contributed by atoms with E-state index in [9.17, 15) is 10.2 Å². The number of rotatable bonds is 5. The second-order valence-electron chi connectivity index (χ2n) is 5.78. The first-order chi connectivity index (χ1) is 8.00. The Morgan fingerprint density at radius 2 is 1.88 bits per heavy atom. The minimum Gasteiger partial charge on any atom is -0.394 e. The van der Waals surface area contributed by atoms with Crippen LogP contribution in [0.15, 0.2) is 0 Å². The molecule has 1 aliphatic heterocycles. The van der Waals surface area contributed by atoms with E-state index < -0.39 is 5.54 Å². The van der Waals surface area contributed by atoms with Gasteiger partial charge in [0.25, 0.3) is 0 Å². The van der Waals surface area contributed by atoms with E-state index in [4.69, 9.17) is 0 Å². The largest absolute Gasteiger partial charge is 0.394 e. The van der Waals surface area contributed by atoms with Crippen LogP contribution in [0.5, 0.6) is 0 Å². The van der Waals surface area contributed by atoms with Gasteiger partial charge in [-0.25, -0.2) is 0 Å². The number of nitrogens with zero attached hydrogens (tertiary/aromatic N) is 1. The van der Waals surface area contributed by atoms with Gasteiger partial charge in [0.15, 0.2) is 0 Å². The first kappa shape index (κ1) is 14.9. The molecule has 1 aliphatic rings. The molecule has 1 unspecified atom stereocenters. The second kappa shape index (κ2) is 6.69. The van der Waals surface area contributed by atoms with Crippen LogP contribution in [0.25, 0.3) is 0 Å². The van der Waals surface area contributed by atoms with Gasteiger partial charge in [0.05, 0.1) is 18.8 Å². The first-order valence-electron chi connectivity index (χ1n) is 6.74. The van der Waals surface area contributed by atoms with Crippen molar-refractivity contribution in [1.82, 2.24) is 10.2 Å². The Bertz CT molecular complexity index is 217. The van der Waals surface area contributed by atoms with Crippen molar-refractivity contribution in [3.05, 3.63) is 0 Å². The second-order valence-corrected chi connectivity index (χ2v) is 5.78. The van der Waals surface area contributed by atoms with E-state index in [1.165, 1.54) is 6.42 Å². The molecule has 0 aromatic heterocycles. The maximum atomic E-state index is 9.29. The molecule has 17 heavy (non-hydrogen) atoms. The van der Waals surface area contributed by atoms with Crippen molar-refractivity contribution in [3.8, 4) is 0 Å². The highest BCUT2D eigenvalue weighted by molar-refractivity contribution is 4.87. The normalized spacial score (nSPS) is 24.0. The van der Waals surface area contributed by atoms with Crippen LogP contribution in [0.1, 0.15) is 40.0 Å². The van der Waals surface area contributed by atoms with E-state index in [2.05, 4.69) is 24.1 Å². The molecule has 3 N–H and O–H groups in total. The van der Waals surface area contributed by atoms with Crippen LogP contribution in [-0.2, 0) is 0 Å². The molecular formula is C13H28N2O2. The molecule has 0 amide bonds. The van der Waals surface area contributed by atoms with Gasteiger partial charge in [0.2, 0.25) is 0 Å². The van der Waals surface area contributed by atoms with Crippen molar-refractivity contribution in [1.29, 1.82) is 0 Å². The number of aliphatic hydroxyl groups excluding tert-OH is 2. The van der Waals surface area contributed by atoms with Gasteiger partial charge in [-0.3, -0.25) is 0 Å². The zero-order chi connectivity index (χ0) is 12.9. The Morgan fingerprint density at radius 3 is 2.41 bits per heavy atom. The Kier molecular flexibility index (Phi) is 5.86. The summed E-state index contributed by atoms with van der Waals surface area (Å²) in [6, 6.07) is 1.01. The van der Waals surface area contributed by atoms with Crippen LogP contribution in [0, 0.1) is 0 Å². The highest BCUT2D eigenvalue weighted by Gasteiger charge is 2.27. The smallest absolute Gasteiger partial charge is 0.0633 e. The number of hydrogen-bond acceptors (Lipinski definition) is 4. The number of nitrogens with one attached hydrogen (secondary N) is 1. The van der Waals surface area contributed by atoms with Gasteiger partial charge < -0.3 is 20.4 Å². The number of hydrogen-bond donors (Lipinski definition) is 3. The average Bonchev–Trinajstić information content (AvgIpc) is 2.54. The third-order valence-corrected chi connectivity index (χ3v) is 3.74. The van der Waals surface area contributed by atoms with E-state index in [-0.39, 0.29) is 13.2 Å². The van der Waals surface area contributed by atoms with E-state index >= 15 is 0 Å². The topological polar surface area (TPSA) is 55.7 Å². The third kappa shape index (κ3) is 4.54. The fraction of sp³-hybridized carbons (Fsp3) is 1.00. The summed E-state index contributed by atoms with van der Waals surface area (Å²) in [5.41, 5.74) is -0.544. The molecule has 1 heterocycles. The molecule has 0 saturated carbocycles. The molecule has 4 nitrogen and oxygen atoms in total. The minimum atomic E-state index is -0.544. The van der Waals surface area contributed by atoms with E-state index in [1.807, 2.05) is 6.92 Å². The Morgan fingerprint density at radius 1 is 1.24 bits per heavy atom. The van der Waals surface area contributed by atoms with Crippen molar-refractivity contribution >= 4 is 0 Å². The van der Waals surface area contributed by atoms with Crippen LogP contribution < -0.4 is 5.32 Å². The summed E-state index contributed by atoms with van der Waals surface area (Å²) in [6.45, 7) is 8.56. The number of aliphatic hydroxyl groups is 2. The molecule has 1 fully saturated rings. The predicted octanol–water partition coefficient (Wildman–Crippen LogP) is 0.582. The summed E-state index contributed by atoms with van der Waals surface area (Å²) in [5, 5.41) is 22.0. The molecular weight excluding hydrogens is 216 g/mol. The molecule has 1 rings (SSSR count). The van der Waals surface area contributed by atoms with Crippen LogP contribution in [0.3, 0.4) is 0 Å². The predicted molar refractivity (Wildman–Crippen MR) is 70.1 cm³/mol. The molecule has 0 aromatic rings. The lowest BCUT2D eigenvalue weighted by molar-refractivity contribution is 0.0914. The van der Waals surface area contributed by atoms with Crippen molar-refractivity contribution in [2.45, 2.75) is 57.7 Å². The van der Waals surface area contributed by atoms with E-state index in [0.717, 1.165) is 25.9 Å². The summed E-state index contributed by atoms with van der Waals surface area (Å²) in [4.78, 5) is 2.50. The summed E-state index contributed by atoms with van der Waals surface area (Å²) in [6.07, 6.45) is 3.40. The minimum absolute atomic E-state index is 0.0199. The van der Waals surface area contributed by atoms with Crippen molar-refractivity contribution in [3.63, 3.8) is 0 Å². The van der Waals surface area contributed by atoms with E-state index in [0.29, 0.717) is 12.1 Å². The standard InChI is InChI=1S/C13H28N2O2/c1-11(2)15-7-4-5-12(6-8-15)14-13(3,9-16)10-17/h11-12,14,16-17H,4-10H2,1-3H3. The van der Waals surface area contributed by atoms with Crippen molar-refractivity contribution in [2.75, 3.05) is 26.3 Å². The van der Waals surface area contributed by atoms with Crippen LogP contribution in [0.4, 0.5) is 0 Å². The third-order valence-electron chi connectivity index (χ3n) is 3.74. The van der Waals surface area contributed by atoms with E-state index in [1.54, 1.807) is 0 Å². The lowest BCUT2D eigenvalue weighted by Gasteiger charge is -2.32. The Labute approximate surface area is 105 Å².